The summed E-state index contributed by atoms with van der Waals surface area (Å²) in [6, 6.07) is 0. The molecule has 6 unspecified atom stereocenters. The lowest BCUT2D eigenvalue weighted by atomic mass is 9.93. The SMILES string of the molecule is CCC(CC(C)C(=O)NCCOCCNC(=O)CCC(=O)OC1C(CC)OC(C)C1C)C(=O)OCCOCCOC. The Labute approximate surface area is 244 Å². The number of carbonyl (C=O) groups is 4. The van der Waals surface area contributed by atoms with Gasteiger partial charge in [-0.25, -0.2) is 0 Å². The normalized spacial score (nSPS) is 21.6. The minimum atomic E-state index is -0.403. The van der Waals surface area contributed by atoms with Crippen LogP contribution >= 0.6 is 0 Å². The lowest BCUT2D eigenvalue weighted by Gasteiger charge is -2.20. The van der Waals surface area contributed by atoms with E-state index in [2.05, 4.69) is 10.6 Å². The van der Waals surface area contributed by atoms with Gasteiger partial charge in [-0.05, 0) is 26.2 Å². The highest BCUT2D eigenvalue weighted by atomic mass is 16.6. The van der Waals surface area contributed by atoms with Crippen molar-refractivity contribution in [3.63, 3.8) is 0 Å². The molecule has 0 saturated carbocycles. The van der Waals surface area contributed by atoms with Gasteiger partial charge in [0, 0.05) is 38.5 Å². The van der Waals surface area contributed by atoms with Crippen LogP contribution in [0.1, 0.15) is 66.7 Å². The van der Waals surface area contributed by atoms with Crippen molar-refractivity contribution in [3.8, 4) is 0 Å². The minimum Gasteiger partial charge on any atom is -0.463 e. The maximum atomic E-state index is 12.4. The lowest BCUT2D eigenvalue weighted by molar-refractivity contribution is -0.154. The van der Waals surface area contributed by atoms with Crippen molar-refractivity contribution in [1.29, 1.82) is 0 Å². The zero-order valence-electron chi connectivity index (χ0n) is 25.7. The summed E-state index contributed by atoms with van der Waals surface area (Å²) in [7, 11) is 1.59. The summed E-state index contributed by atoms with van der Waals surface area (Å²) in [5.74, 6) is -1.77. The van der Waals surface area contributed by atoms with Crippen molar-refractivity contribution in [3.05, 3.63) is 0 Å². The highest BCUT2D eigenvalue weighted by molar-refractivity contribution is 5.81. The molecule has 2 amide bonds. The number of rotatable bonds is 22. The van der Waals surface area contributed by atoms with Crippen LogP contribution in [0.25, 0.3) is 0 Å². The number of hydrogen-bond donors (Lipinski definition) is 2. The van der Waals surface area contributed by atoms with Crippen LogP contribution in [-0.4, -0.2) is 102 Å². The van der Waals surface area contributed by atoms with Crippen LogP contribution in [0, 0.1) is 17.8 Å². The molecule has 1 heterocycles. The molecule has 0 aromatic carbocycles. The molecule has 0 aliphatic carbocycles. The molecule has 41 heavy (non-hydrogen) atoms. The third kappa shape index (κ3) is 15.0. The predicted octanol–water partition coefficient (Wildman–Crippen LogP) is 2.02. The van der Waals surface area contributed by atoms with E-state index in [1.165, 1.54) is 0 Å². The zero-order chi connectivity index (χ0) is 30.6. The fourth-order valence-electron chi connectivity index (χ4n) is 4.42. The van der Waals surface area contributed by atoms with Crippen LogP contribution in [0.5, 0.6) is 0 Å². The number of nitrogens with one attached hydrogen (secondary N) is 2. The van der Waals surface area contributed by atoms with Crippen LogP contribution < -0.4 is 10.6 Å². The first kappa shape index (κ1) is 36.7. The Kier molecular flexibility index (Phi) is 19.2. The molecule has 1 aliphatic rings. The second kappa shape index (κ2) is 21.4. The summed E-state index contributed by atoms with van der Waals surface area (Å²) < 4.78 is 32.3. The van der Waals surface area contributed by atoms with Gasteiger partial charge in [0.1, 0.15) is 12.7 Å². The van der Waals surface area contributed by atoms with E-state index < -0.39 is 5.97 Å². The Bertz CT molecular complexity index is 781. The van der Waals surface area contributed by atoms with Crippen molar-refractivity contribution < 1.29 is 47.6 Å². The first-order chi connectivity index (χ1) is 19.6. The number of amides is 2. The molecule has 1 fully saturated rings. The van der Waals surface area contributed by atoms with Crippen molar-refractivity contribution in [2.45, 2.75) is 85.0 Å². The summed E-state index contributed by atoms with van der Waals surface area (Å²) in [4.78, 5) is 49.0. The molecule has 6 atom stereocenters. The quantitative estimate of drug-likeness (QED) is 0.142. The molecule has 0 aromatic heterocycles. The fraction of sp³-hybridized carbons (Fsp3) is 0.862. The van der Waals surface area contributed by atoms with Gasteiger partial charge in [-0.3, -0.25) is 19.2 Å². The number of hydrogen-bond acceptors (Lipinski definition) is 10. The summed E-state index contributed by atoms with van der Waals surface area (Å²) in [6.45, 7) is 12.2. The van der Waals surface area contributed by atoms with E-state index in [-0.39, 0.29) is 86.5 Å². The monoisotopic (exact) mass is 588 g/mol. The molecule has 238 valence electrons. The fourth-order valence-corrected chi connectivity index (χ4v) is 4.42. The Balaban J connectivity index is 2.12. The largest absolute Gasteiger partial charge is 0.463 e. The lowest BCUT2D eigenvalue weighted by Crippen LogP contribution is -2.34. The first-order valence-electron chi connectivity index (χ1n) is 14.8. The van der Waals surface area contributed by atoms with E-state index in [1.807, 2.05) is 27.7 Å². The highest BCUT2D eigenvalue weighted by Gasteiger charge is 2.41. The Morgan fingerprint density at radius 2 is 1.54 bits per heavy atom. The van der Waals surface area contributed by atoms with Gasteiger partial charge in [-0.1, -0.05) is 27.7 Å². The van der Waals surface area contributed by atoms with E-state index in [4.69, 9.17) is 28.4 Å². The molecule has 2 N–H and O–H groups in total. The third-order valence-corrected chi connectivity index (χ3v) is 7.17. The van der Waals surface area contributed by atoms with Gasteiger partial charge in [0.05, 0.1) is 57.6 Å². The van der Waals surface area contributed by atoms with Gasteiger partial charge in [-0.2, -0.15) is 0 Å². The summed E-state index contributed by atoms with van der Waals surface area (Å²) >= 11 is 0. The first-order valence-corrected chi connectivity index (χ1v) is 14.8. The predicted molar refractivity (Wildman–Crippen MR) is 151 cm³/mol. The molecule has 1 rings (SSSR count). The smallest absolute Gasteiger partial charge is 0.309 e. The highest BCUT2D eigenvalue weighted by Crippen LogP contribution is 2.31. The molecule has 1 aliphatic heterocycles. The van der Waals surface area contributed by atoms with E-state index >= 15 is 0 Å². The van der Waals surface area contributed by atoms with Crippen LogP contribution in [0.4, 0.5) is 0 Å². The average Bonchev–Trinajstić information content (AvgIpc) is 3.23. The van der Waals surface area contributed by atoms with Crippen LogP contribution in [0.2, 0.25) is 0 Å². The van der Waals surface area contributed by atoms with E-state index in [0.717, 1.165) is 6.42 Å². The van der Waals surface area contributed by atoms with Crippen molar-refractivity contribution in [1.82, 2.24) is 10.6 Å². The second-order valence-corrected chi connectivity index (χ2v) is 10.4. The maximum absolute atomic E-state index is 12.4. The van der Waals surface area contributed by atoms with Gasteiger partial charge >= 0.3 is 11.9 Å². The number of methoxy groups -OCH3 is 1. The molecule has 12 heteroatoms. The molecular formula is C29H52N2O10. The third-order valence-electron chi connectivity index (χ3n) is 7.17. The van der Waals surface area contributed by atoms with Gasteiger partial charge in [0.25, 0.3) is 0 Å². The Hall–Kier alpha value is -2.28. The molecule has 0 radical (unpaired) electrons. The van der Waals surface area contributed by atoms with Crippen LogP contribution in [0.15, 0.2) is 0 Å². The topological polar surface area (TPSA) is 148 Å². The van der Waals surface area contributed by atoms with Crippen LogP contribution in [-0.2, 0) is 47.6 Å². The molecule has 0 aromatic rings. The van der Waals surface area contributed by atoms with E-state index in [0.29, 0.717) is 45.8 Å². The van der Waals surface area contributed by atoms with Crippen molar-refractivity contribution >= 4 is 23.8 Å². The molecule has 1 saturated heterocycles. The minimum absolute atomic E-state index is 0.00481. The standard InChI is InChI=1S/C29H52N2O10/c1-7-23(29(35)39-18-17-38-16-15-36-6)19-20(3)28(34)31-12-14-37-13-11-30-25(32)9-10-26(33)41-27-21(4)22(5)40-24(27)8-2/h20-24,27H,7-19H2,1-6H3,(H,30,32)(H,31,34). The van der Waals surface area contributed by atoms with Gasteiger partial charge < -0.3 is 39.1 Å². The second-order valence-electron chi connectivity index (χ2n) is 10.4. The van der Waals surface area contributed by atoms with Crippen LogP contribution in [0.3, 0.4) is 0 Å². The van der Waals surface area contributed by atoms with Crippen molar-refractivity contribution in [2.24, 2.45) is 17.8 Å². The molecule has 0 spiro atoms. The summed E-state index contributed by atoms with van der Waals surface area (Å²) in [5.41, 5.74) is 0. The Morgan fingerprint density at radius 3 is 2.20 bits per heavy atom. The summed E-state index contributed by atoms with van der Waals surface area (Å²) in [6.07, 6.45) is 1.41. The molecule has 12 nitrogen and oxygen atoms in total. The van der Waals surface area contributed by atoms with E-state index in [1.54, 1.807) is 14.0 Å². The summed E-state index contributed by atoms with van der Waals surface area (Å²) in [5, 5.41) is 5.51. The molecule has 0 bridgehead atoms. The number of esters is 2. The van der Waals surface area contributed by atoms with E-state index in [9.17, 15) is 19.2 Å². The zero-order valence-corrected chi connectivity index (χ0v) is 25.7. The van der Waals surface area contributed by atoms with Gasteiger partial charge in [0.15, 0.2) is 0 Å². The Morgan fingerprint density at radius 1 is 0.878 bits per heavy atom. The average molecular weight is 589 g/mol. The molecular weight excluding hydrogens is 536 g/mol. The number of ether oxygens (including phenoxy) is 6. The maximum Gasteiger partial charge on any atom is 0.309 e. The van der Waals surface area contributed by atoms with Gasteiger partial charge in [-0.15, -0.1) is 0 Å². The van der Waals surface area contributed by atoms with Crippen molar-refractivity contribution in [2.75, 3.05) is 59.8 Å². The van der Waals surface area contributed by atoms with Gasteiger partial charge in [0.2, 0.25) is 11.8 Å². The number of carbonyl (C=O) groups excluding carboxylic acids is 4.